The Labute approximate surface area is 118 Å². The summed E-state index contributed by atoms with van der Waals surface area (Å²) in [6.45, 7) is 3.30. The molecule has 0 amide bonds. The van der Waals surface area contributed by atoms with Crippen molar-refractivity contribution in [1.82, 2.24) is 14.2 Å². The summed E-state index contributed by atoms with van der Waals surface area (Å²) >= 11 is 0. The molecule has 1 aromatic rings. The first-order valence-corrected chi connectivity index (χ1v) is 8.34. The van der Waals surface area contributed by atoms with Crippen molar-refractivity contribution in [3.05, 3.63) is 24.1 Å². The SMILES string of the molecule is O=S(=O)(c1ncccc1F)N1CCN(CC2CC2)CC1. The number of pyridine rings is 1. The summed E-state index contributed by atoms with van der Waals surface area (Å²) in [5, 5.41) is -0.462. The van der Waals surface area contributed by atoms with Crippen LogP contribution < -0.4 is 0 Å². The molecule has 0 spiro atoms. The highest BCUT2D eigenvalue weighted by Gasteiger charge is 2.33. The topological polar surface area (TPSA) is 53.5 Å². The van der Waals surface area contributed by atoms with E-state index in [2.05, 4.69) is 9.88 Å². The molecule has 1 saturated heterocycles. The maximum absolute atomic E-state index is 13.6. The van der Waals surface area contributed by atoms with E-state index >= 15 is 0 Å². The van der Waals surface area contributed by atoms with Gasteiger partial charge in [0.1, 0.15) is 0 Å². The summed E-state index contributed by atoms with van der Waals surface area (Å²) in [7, 11) is -3.81. The lowest BCUT2D eigenvalue weighted by molar-refractivity contribution is 0.182. The second kappa shape index (κ2) is 5.38. The van der Waals surface area contributed by atoms with Crippen molar-refractivity contribution in [3.8, 4) is 0 Å². The Morgan fingerprint density at radius 2 is 1.95 bits per heavy atom. The third-order valence-corrected chi connectivity index (χ3v) is 5.69. The van der Waals surface area contributed by atoms with Crippen LogP contribution in [-0.2, 0) is 10.0 Å². The number of nitrogens with zero attached hydrogens (tertiary/aromatic N) is 3. The van der Waals surface area contributed by atoms with Crippen molar-refractivity contribution in [2.45, 2.75) is 17.9 Å². The predicted octanol–water partition coefficient (Wildman–Crippen LogP) is 0.937. The van der Waals surface area contributed by atoms with Crippen LogP contribution in [0.4, 0.5) is 4.39 Å². The maximum atomic E-state index is 13.6. The number of piperazine rings is 1. The molecule has 1 saturated carbocycles. The molecule has 0 N–H and O–H groups in total. The standard InChI is InChI=1S/C13H18FN3O2S/c14-12-2-1-5-15-13(12)20(18,19)17-8-6-16(7-9-17)10-11-3-4-11/h1-2,5,11H,3-4,6-10H2. The first-order chi connectivity index (χ1) is 9.57. The highest BCUT2D eigenvalue weighted by molar-refractivity contribution is 7.89. The molecule has 110 valence electrons. The molecule has 2 fully saturated rings. The van der Waals surface area contributed by atoms with Gasteiger partial charge in [0.15, 0.2) is 5.82 Å². The van der Waals surface area contributed by atoms with Crippen LogP contribution in [0.3, 0.4) is 0 Å². The molecular weight excluding hydrogens is 281 g/mol. The van der Waals surface area contributed by atoms with Crippen LogP contribution in [0.1, 0.15) is 12.8 Å². The summed E-state index contributed by atoms with van der Waals surface area (Å²) in [6.07, 6.45) is 3.88. The lowest BCUT2D eigenvalue weighted by Crippen LogP contribution is -2.49. The lowest BCUT2D eigenvalue weighted by Gasteiger charge is -2.33. The molecule has 1 aliphatic heterocycles. The van der Waals surface area contributed by atoms with Crippen molar-refractivity contribution in [1.29, 1.82) is 0 Å². The molecule has 7 heteroatoms. The van der Waals surface area contributed by atoms with E-state index in [0.29, 0.717) is 26.2 Å². The zero-order chi connectivity index (χ0) is 14.2. The molecule has 1 aliphatic carbocycles. The Hall–Kier alpha value is -1.05. The Balaban J connectivity index is 1.68. The number of hydrogen-bond acceptors (Lipinski definition) is 4. The van der Waals surface area contributed by atoms with E-state index in [-0.39, 0.29) is 0 Å². The van der Waals surface area contributed by atoms with E-state index in [9.17, 15) is 12.8 Å². The minimum absolute atomic E-state index is 0.408. The zero-order valence-electron chi connectivity index (χ0n) is 11.2. The van der Waals surface area contributed by atoms with Crippen LogP contribution in [0.15, 0.2) is 23.4 Å². The molecule has 0 atom stereocenters. The van der Waals surface area contributed by atoms with Gasteiger partial charge < -0.3 is 4.90 Å². The highest BCUT2D eigenvalue weighted by atomic mass is 32.2. The van der Waals surface area contributed by atoms with Gasteiger partial charge in [0.05, 0.1) is 0 Å². The molecule has 2 aliphatic rings. The average Bonchev–Trinajstić information content (AvgIpc) is 3.24. The van der Waals surface area contributed by atoms with Gasteiger partial charge in [-0.05, 0) is 30.9 Å². The summed E-state index contributed by atoms with van der Waals surface area (Å²) in [5.41, 5.74) is 0. The molecule has 0 radical (unpaired) electrons. The van der Waals surface area contributed by atoms with Gasteiger partial charge in [0, 0.05) is 38.9 Å². The van der Waals surface area contributed by atoms with Crippen molar-refractivity contribution in [2.24, 2.45) is 5.92 Å². The van der Waals surface area contributed by atoms with Crippen molar-refractivity contribution in [2.75, 3.05) is 32.7 Å². The van der Waals surface area contributed by atoms with E-state index in [4.69, 9.17) is 0 Å². The van der Waals surface area contributed by atoms with E-state index in [0.717, 1.165) is 18.5 Å². The fraction of sp³-hybridized carbons (Fsp3) is 0.615. The van der Waals surface area contributed by atoms with Crippen LogP contribution in [0.5, 0.6) is 0 Å². The molecule has 1 aromatic heterocycles. The maximum Gasteiger partial charge on any atom is 0.263 e. The smallest absolute Gasteiger partial charge is 0.263 e. The van der Waals surface area contributed by atoms with Gasteiger partial charge in [0.2, 0.25) is 5.03 Å². The van der Waals surface area contributed by atoms with Crippen LogP contribution in [0.25, 0.3) is 0 Å². The van der Waals surface area contributed by atoms with Gasteiger partial charge in [-0.2, -0.15) is 4.31 Å². The van der Waals surface area contributed by atoms with Gasteiger partial charge >= 0.3 is 0 Å². The van der Waals surface area contributed by atoms with Crippen molar-refractivity contribution < 1.29 is 12.8 Å². The fourth-order valence-corrected chi connectivity index (χ4v) is 3.90. The lowest BCUT2D eigenvalue weighted by atomic mass is 10.3. The molecule has 2 heterocycles. The minimum atomic E-state index is -3.81. The summed E-state index contributed by atoms with van der Waals surface area (Å²) in [5.74, 6) is 0.0132. The monoisotopic (exact) mass is 299 g/mol. The van der Waals surface area contributed by atoms with Crippen LogP contribution in [-0.4, -0.2) is 55.3 Å². The third-order valence-electron chi connectivity index (χ3n) is 3.85. The van der Waals surface area contributed by atoms with Crippen LogP contribution >= 0.6 is 0 Å². The molecule has 20 heavy (non-hydrogen) atoms. The average molecular weight is 299 g/mol. The van der Waals surface area contributed by atoms with Crippen molar-refractivity contribution in [3.63, 3.8) is 0 Å². The van der Waals surface area contributed by atoms with E-state index in [1.54, 1.807) is 0 Å². The van der Waals surface area contributed by atoms with Gasteiger partial charge in [-0.15, -0.1) is 0 Å². The predicted molar refractivity (Wildman–Crippen MR) is 72.1 cm³/mol. The Morgan fingerprint density at radius 1 is 1.25 bits per heavy atom. The van der Waals surface area contributed by atoms with Crippen LogP contribution in [0, 0.1) is 11.7 Å². The number of aromatic nitrogens is 1. The molecule has 3 rings (SSSR count). The molecule has 0 bridgehead atoms. The number of hydrogen-bond donors (Lipinski definition) is 0. The van der Waals surface area contributed by atoms with E-state index in [1.165, 1.54) is 29.4 Å². The first kappa shape index (κ1) is 13.9. The normalized spacial score (nSPS) is 22.1. The van der Waals surface area contributed by atoms with Crippen LogP contribution in [0.2, 0.25) is 0 Å². The highest BCUT2D eigenvalue weighted by Crippen LogP contribution is 2.30. The number of sulfonamides is 1. The quantitative estimate of drug-likeness (QED) is 0.830. The van der Waals surface area contributed by atoms with Gasteiger partial charge in [0.25, 0.3) is 10.0 Å². The Kier molecular flexibility index (Phi) is 3.74. The Morgan fingerprint density at radius 3 is 2.55 bits per heavy atom. The molecule has 5 nitrogen and oxygen atoms in total. The second-order valence-electron chi connectivity index (χ2n) is 5.44. The van der Waals surface area contributed by atoms with Gasteiger partial charge in [-0.3, -0.25) is 0 Å². The zero-order valence-corrected chi connectivity index (χ0v) is 12.0. The van der Waals surface area contributed by atoms with Gasteiger partial charge in [-0.1, -0.05) is 0 Å². The third kappa shape index (κ3) is 2.84. The Bertz CT molecular complexity index is 581. The number of halogens is 1. The number of rotatable bonds is 4. The van der Waals surface area contributed by atoms with Gasteiger partial charge in [-0.25, -0.2) is 17.8 Å². The second-order valence-corrected chi connectivity index (χ2v) is 7.29. The summed E-state index contributed by atoms with van der Waals surface area (Å²) in [6, 6.07) is 2.52. The van der Waals surface area contributed by atoms with E-state index < -0.39 is 20.9 Å². The molecule has 0 aromatic carbocycles. The molecular formula is C13H18FN3O2S. The first-order valence-electron chi connectivity index (χ1n) is 6.90. The summed E-state index contributed by atoms with van der Waals surface area (Å²) in [4.78, 5) is 5.97. The molecule has 0 unspecified atom stereocenters. The summed E-state index contributed by atoms with van der Waals surface area (Å²) < 4.78 is 39.7. The fourth-order valence-electron chi connectivity index (χ4n) is 2.50. The van der Waals surface area contributed by atoms with Crippen molar-refractivity contribution >= 4 is 10.0 Å². The van der Waals surface area contributed by atoms with E-state index in [1.807, 2.05) is 0 Å². The largest absolute Gasteiger partial charge is 0.300 e. The minimum Gasteiger partial charge on any atom is -0.300 e.